The highest BCUT2D eigenvalue weighted by atomic mass is 16.8. The first-order valence-corrected chi connectivity index (χ1v) is 45.9. The monoisotopic (exact) mass is 1790 g/mol. The lowest BCUT2D eigenvalue weighted by Gasteiger charge is -2.53. The van der Waals surface area contributed by atoms with Crippen LogP contribution >= 0.6 is 0 Å². The summed E-state index contributed by atoms with van der Waals surface area (Å²) in [6.07, 6.45) is -25.6. The van der Waals surface area contributed by atoms with Crippen molar-refractivity contribution in [3.05, 3.63) is 24.3 Å². The number of rotatable bonds is 57. The second kappa shape index (κ2) is 57.5. The Hall–Kier alpha value is -2.94. The van der Waals surface area contributed by atoms with Gasteiger partial charge in [0.15, 0.2) is 44.0 Å². The maximum Gasteiger partial charge on any atom is 0.220 e. The standard InChI is InChI=1S/C86H154N2O36/c1-6-8-10-12-14-16-18-20-21-22-23-24-25-26-27-29-31-33-35-37-39-41-58(96)88-51(52(95)40-38-36-34-32-30-28-19-17-15-13-11-9-7-2)47-111-81-72(109)68(105)74(56(45-92)118-81)119-85-73(110)77(63(100)54(43-90)115-85)122-80-59(87-50(5)94)76(75(57(46-93)117-80)120-82-69(106)65(102)60(97)48(3)112-82)121-86-79(124-83-70(107)66(103)61(98)49(4)113-83)78(64(101)55(44-91)116-86)123-84-71(108)67(104)62(99)53(42-89)114-84/h20-21,38,40,48-49,51-57,59-86,89-93,95,97-110H,6-19,22-37,39,41-47H2,1-5H3,(H,87,94)(H,88,96)/b21-20-,40-38+/t48?,49?,51-,52+,53?,54?,55?,56?,57?,59?,60+,61+,62-,63-,64-,65?,66?,67-,68+,69-,70-,71?,72?,73?,74+,75+,76+,77-,78-,79?,80-,81+,82+,83+,84+,85-,86-/m0/s1. The average molecular weight is 1790 g/mol. The number of unbranched alkanes of at least 4 members (excludes halogenated alkanes) is 28. The molecule has 14 unspecified atom stereocenters. The summed E-state index contributed by atoms with van der Waals surface area (Å²) in [6, 6.07) is -3.15. The average Bonchev–Trinajstić information content (AvgIpc) is 0.753. The van der Waals surface area contributed by atoms with E-state index in [-0.39, 0.29) is 12.3 Å². The van der Waals surface area contributed by atoms with Gasteiger partial charge in [-0.1, -0.05) is 192 Å². The lowest BCUT2D eigenvalue weighted by Crippen LogP contribution is -2.72. The van der Waals surface area contributed by atoms with Gasteiger partial charge in [-0.2, -0.15) is 0 Å². The number of ether oxygens (including phenoxy) is 14. The maximum atomic E-state index is 13.7. The zero-order valence-electron chi connectivity index (χ0n) is 73.0. The van der Waals surface area contributed by atoms with Crippen molar-refractivity contribution in [2.75, 3.05) is 39.6 Å². The van der Waals surface area contributed by atoms with Gasteiger partial charge >= 0.3 is 0 Å². The summed E-state index contributed by atoms with van der Waals surface area (Å²) in [4.78, 5) is 27.4. The molecule has 7 aliphatic rings. The third-order valence-corrected chi connectivity index (χ3v) is 24.5. The highest BCUT2D eigenvalue weighted by Crippen LogP contribution is 2.41. The molecule has 724 valence electrons. The highest BCUT2D eigenvalue weighted by molar-refractivity contribution is 5.76. The molecule has 0 aromatic heterocycles. The molecule has 0 aromatic carbocycles. The summed E-state index contributed by atoms with van der Waals surface area (Å²) in [7, 11) is 0. The Bertz CT molecular complexity index is 2920. The molecule has 2 amide bonds. The van der Waals surface area contributed by atoms with Crippen LogP contribution in [-0.2, 0) is 75.9 Å². The fourth-order valence-electron chi connectivity index (χ4n) is 16.8. The van der Waals surface area contributed by atoms with Gasteiger partial charge in [0.25, 0.3) is 0 Å². The lowest BCUT2D eigenvalue weighted by molar-refractivity contribution is -0.411. The topological polar surface area (TPSA) is 592 Å². The van der Waals surface area contributed by atoms with Crippen molar-refractivity contribution in [1.29, 1.82) is 0 Å². The number of aliphatic hydroxyl groups excluding tert-OH is 20. The van der Waals surface area contributed by atoms with Crippen molar-refractivity contribution in [3.8, 4) is 0 Å². The highest BCUT2D eigenvalue weighted by Gasteiger charge is 2.61. The molecule has 7 heterocycles. The molecule has 7 aliphatic heterocycles. The van der Waals surface area contributed by atoms with E-state index in [2.05, 4.69) is 36.6 Å². The first-order chi connectivity index (χ1) is 59.6. The van der Waals surface area contributed by atoms with Crippen molar-refractivity contribution < 1.29 is 178 Å². The van der Waals surface area contributed by atoms with Crippen molar-refractivity contribution in [1.82, 2.24) is 10.6 Å². The predicted molar refractivity (Wildman–Crippen MR) is 440 cm³/mol. The van der Waals surface area contributed by atoms with Crippen LogP contribution < -0.4 is 10.6 Å². The number of amides is 2. The van der Waals surface area contributed by atoms with E-state index in [1.807, 2.05) is 6.08 Å². The molecule has 0 radical (unpaired) electrons. The van der Waals surface area contributed by atoms with Gasteiger partial charge in [0, 0.05) is 13.3 Å². The number of nitrogens with one attached hydrogen (secondary N) is 2. The van der Waals surface area contributed by atoms with Crippen molar-refractivity contribution in [2.45, 2.75) is 467 Å². The van der Waals surface area contributed by atoms with E-state index in [9.17, 15) is 112 Å². The van der Waals surface area contributed by atoms with E-state index >= 15 is 0 Å². The Morgan fingerprint density at radius 1 is 0.331 bits per heavy atom. The van der Waals surface area contributed by atoms with Crippen LogP contribution in [0.1, 0.15) is 240 Å². The molecule has 0 spiro atoms. The zero-order valence-corrected chi connectivity index (χ0v) is 73.0. The van der Waals surface area contributed by atoms with Gasteiger partial charge in [0.2, 0.25) is 11.8 Å². The molecule has 124 heavy (non-hydrogen) atoms. The summed E-state index contributed by atoms with van der Waals surface area (Å²) in [5, 5.41) is 231. The van der Waals surface area contributed by atoms with Crippen molar-refractivity contribution in [2.24, 2.45) is 0 Å². The van der Waals surface area contributed by atoms with Crippen LogP contribution in [0.3, 0.4) is 0 Å². The summed E-state index contributed by atoms with van der Waals surface area (Å²) >= 11 is 0. The molecular weight excluding hydrogens is 1640 g/mol. The van der Waals surface area contributed by atoms with Crippen LogP contribution in [0, 0.1) is 0 Å². The molecule has 7 saturated heterocycles. The Balaban J connectivity index is 1.07. The van der Waals surface area contributed by atoms with Gasteiger partial charge in [-0.15, -0.1) is 0 Å². The SMILES string of the molecule is CCCCCCCC/C=C\CCCCCCCCCCCCCC(=O)N[C@@H](CO[C@@H]1OC(CO)[C@@H](O[C@@H]2OC(CO)[C@H](O)[C@H](O[C@@H]3OC(CO)[C@@H](O[C@H]4OC(C)[C@@H](O)C(O)[C@@H]4O)[C@H](O[C@@H]4OC(CO)[C@H](O)[C@H](O[C@H]5OC(CO)[C@H](O)[C@H](O)C5O)C4O[C@H]4OC(C)[C@@H](O)C(O)[C@@H]4O)C3NC(C)=O)C2O)[C@H](O)C1O)[C@H](O)/C=C/CCCCCCCCCCCCC. The zero-order chi connectivity index (χ0) is 90.5. The molecule has 0 saturated carbocycles. The van der Waals surface area contributed by atoms with Crippen LogP contribution in [-0.4, -0.2) is 381 Å². The Kier molecular flexibility index (Phi) is 50.1. The summed E-state index contributed by atoms with van der Waals surface area (Å²) in [5.74, 6) is -1.34. The van der Waals surface area contributed by atoms with E-state index in [1.54, 1.807) is 6.08 Å². The van der Waals surface area contributed by atoms with Crippen LogP contribution in [0.2, 0.25) is 0 Å². The quantitative estimate of drug-likeness (QED) is 0.0268. The fraction of sp³-hybridized carbons (Fsp3) is 0.930. The minimum absolute atomic E-state index is 0.147. The molecule has 0 aliphatic carbocycles. The lowest BCUT2D eigenvalue weighted by atomic mass is 9.93. The number of hydrogen-bond donors (Lipinski definition) is 22. The minimum Gasteiger partial charge on any atom is -0.394 e. The summed E-state index contributed by atoms with van der Waals surface area (Å²) in [5.41, 5.74) is 0. The van der Waals surface area contributed by atoms with Gasteiger partial charge in [-0.25, -0.2) is 0 Å². The number of carbonyl (C=O) groups is 2. The first kappa shape index (κ1) is 108. The fourth-order valence-corrected chi connectivity index (χ4v) is 16.8. The van der Waals surface area contributed by atoms with Gasteiger partial charge in [-0.3, -0.25) is 9.59 Å². The first-order valence-electron chi connectivity index (χ1n) is 45.9. The van der Waals surface area contributed by atoms with E-state index in [0.717, 1.165) is 71.1 Å². The molecule has 0 bridgehead atoms. The molecular formula is C86H154N2O36. The van der Waals surface area contributed by atoms with E-state index < -0.39 is 273 Å². The third-order valence-electron chi connectivity index (χ3n) is 24.5. The Morgan fingerprint density at radius 3 is 1.15 bits per heavy atom. The molecule has 7 fully saturated rings. The predicted octanol–water partition coefficient (Wildman–Crippen LogP) is -0.572. The van der Waals surface area contributed by atoms with Gasteiger partial charge in [0.05, 0.1) is 64.0 Å². The molecule has 38 heteroatoms. The Labute approximate surface area is 728 Å². The van der Waals surface area contributed by atoms with Gasteiger partial charge in [0.1, 0.15) is 159 Å². The largest absolute Gasteiger partial charge is 0.394 e. The second-order valence-corrected chi connectivity index (χ2v) is 34.5. The maximum absolute atomic E-state index is 13.7. The van der Waals surface area contributed by atoms with Crippen LogP contribution in [0.15, 0.2) is 24.3 Å². The van der Waals surface area contributed by atoms with Gasteiger partial charge in [-0.05, 0) is 58.8 Å². The summed E-state index contributed by atoms with van der Waals surface area (Å²) < 4.78 is 85.5. The van der Waals surface area contributed by atoms with E-state index in [1.165, 1.54) is 136 Å². The normalized spacial score (nSPS) is 38.6. The van der Waals surface area contributed by atoms with Crippen LogP contribution in [0.5, 0.6) is 0 Å². The molecule has 38 nitrogen and oxygen atoms in total. The second-order valence-electron chi connectivity index (χ2n) is 34.5. The molecule has 37 atom stereocenters. The number of carbonyl (C=O) groups excluding carboxylic acids is 2. The molecule has 22 N–H and O–H groups in total. The minimum atomic E-state index is -2.33. The third kappa shape index (κ3) is 32.5. The number of allylic oxidation sites excluding steroid dienone is 3. The van der Waals surface area contributed by atoms with Crippen LogP contribution in [0.25, 0.3) is 0 Å². The van der Waals surface area contributed by atoms with Crippen molar-refractivity contribution in [3.63, 3.8) is 0 Å². The number of aliphatic hydroxyl groups is 20. The smallest absolute Gasteiger partial charge is 0.220 e. The van der Waals surface area contributed by atoms with Crippen LogP contribution in [0.4, 0.5) is 0 Å². The number of hydrogen-bond acceptors (Lipinski definition) is 36. The molecule has 7 rings (SSSR count). The van der Waals surface area contributed by atoms with Crippen molar-refractivity contribution >= 4 is 11.8 Å². The van der Waals surface area contributed by atoms with E-state index in [0.29, 0.717) is 12.8 Å². The van der Waals surface area contributed by atoms with E-state index in [4.69, 9.17) is 66.3 Å². The van der Waals surface area contributed by atoms with Gasteiger partial charge < -0.3 is 179 Å². The molecule has 0 aromatic rings. The Morgan fingerprint density at radius 2 is 0.677 bits per heavy atom. The summed E-state index contributed by atoms with van der Waals surface area (Å²) in [6.45, 7) is 2.09.